The number of hydrogen-bond donors (Lipinski definition) is 5. The van der Waals surface area contributed by atoms with Crippen molar-refractivity contribution in [2.75, 3.05) is 61.3 Å². The number of rotatable bonds is 14. The number of anilines is 4. The SMILES string of the molecule is N#Cc1ccnc(Nc2cc(C3CCN(C(=O)c4cncc(C(=O)NCCCCNC(=O)CNc5cccc6c5C(=O)[N+](=C5CCC(=O)NC5=O)C6=O)c4)CC3)cc(N3CCC(F)(F)C3)n2)c1. The number of pyridine rings is 3. The van der Waals surface area contributed by atoms with Gasteiger partial charge in [0, 0.05) is 70.6 Å². The lowest BCUT2D eigenvalue weighted by Gasteiger charge is -2.33. The van der Waals surface area contributed by atoms with Crippen molar-refractivity contribution < 1.29 is 46.9 Å². The second kappa shape index (κ2) is 19.6. The molecule has 4 aliphatic heterocycles. The van der Waals surface area contributed by atoms with Gasteiger partial charge in [0.15, 0.2) is 0 Å². The van der Waals surface area contributed by atoms with Gasteiger partial charge in [-0.15, -0.1) is 0 Å². The van der Waals surface area contributed by atoms with Gasteiger partial charge in [-0.2, -0.15) is 5.26 Å². The first-order valence-corrected chi connectivity index (χ1v) is 21.8. The van der Waals surface area contributed by atoms with Gasteiger partial charge in [0.2, 0.25) is 11.8 Å². The zero-order valence-corrected chi connectivity index (χ0v) is 36.1. The minimum absolute atomic E-state index is 0.0100. The summed E-state index contributed by atoms with van der Waals surface area (Å²) in [5.41, 5.74) is 1.95. The molecule has 7 heterocycles. The third kappa shape index (κ3) is 10.4. The molecule has 0 atom stereocenters. The fourth-order valence-electron chi connectivity index (χ4n) is 8.43. The first kappa shape index (κ1) is 45.5. The van der Waals surface area contributed by atoms with Crippen LogP contribution in [0.2, 0.25) is 0 Å². The van der Waals surface area contributed by atoms with Gasteiger partial charge in [0.1, 0.15) is 28.6 Å². The Labute approximate surface area is 382 Å². The number of fused-ring (bicyclic) bond motifs is 1. The van der Waals surface area contributed by atoms with Crippen molar-refractivity contribution in [1.29, 1.82) is 5.26 Å². The van der Waals surface area contributed by atoms with Crippen LogP contribution in [-0.4, -0.2) is 123 Å². The van der Waals surface area contributed by atoms with Crippen molar-refractivity contribution in [3.63, 3.8) is 0 Å². The molecule has 0 aliphatic carbocycles. The van der Waals surface area contributed by atoms with Crippen LogP contribution in [0.1, 0.15) is 103 Å². The van der Waals surface area contributed by atoms with E-state index in [4.69, 9.17) is 0 Å². The minimum Gasteiger partial charge on any atom is -0.375 e. The van der Waals surface area contributed by atoms with Gasteiger partial charge in [-0.05, 0) is 79.6 Å². The van der Waals surface area contributed by atoms with Crippen molar-refractivity contribution in [2.45, 2.75) is 56.8 Å². The van der Waals surface area contributed by atoms with Gasteiger partial charge < -0.3 is 31.1 Å². The van der Waals surface area contributed by atoms with E-state index in [2.05, 4.69) is 47.6 Å². The van der Waals surface area contributed by atoms with Crippen molar-refractivity contribution in [3.8, 4) is 6.07 Å². The quantitative estimate of drug-likeness (QED) is 0.0692. The van der Waals surface area contributed by atoms with Crippen LogP contribution >= 0.6 is 0 Å². The maximum absolute atomic E-state index is 14.2. The molecule has 8 rings (SSSR count). The van der Waals surface area contributed by atoms with Gasteiger partial charge in [-0.3, -0.25) is 34.3 Å². The number of nitrogens with one attached hydrogen (secondary N) is 5. The lowest BCUT2D eigenvalue weighted by molar-refractivity contribution is -0.324. The predicted octanol–water partition coefficient (Wildman–Crippen LogP) is 3.27. The summed E-state index contributed by atoms with van der Waals surface area (Å²) < 4.78 is 29.2. The Kier molecular flexibility index (Phi) is 13.3. The monoisotopic (exact) mass is 915 g/mol. The number of halogens is 2. The molecule has 0 spiro atoms. The van der Waals surface area contributed by atoms with Crippen LogP contribution in [0.15, 0.2) is 67.1 Å². The standard InChI is InChI=1S/C46H44F2N12O7/c47-46(48)11-17-59(26-46)37-21-29(20-36(56-37)55-35-18-27(22-49)8-14-51-35)28-9-15-58(16-10-28)43(65)31-19-30(23-50-24-31)41(63)53-13-2-1-12-52-39(62)25-54-33-5-3-4-32-40(33)45(67)60(44(32)66)34-6-7-38(61)57-42(34)64/h3-5,8,14,18-21,23-24,28H,1-2,6-7,9-13,15-17,25-26H2,(H4-,51,52,53,54,55,56,57,61,62,63,64,67)/p+1. The molecule has 0 saturated carbocycles. The number of nitriles is 1. The smallest absolute Gasteiger partial charge is 0.375 e. The van der Waals surface area contributed by atoms with E-state index in [0.717, 1.165) is 10.1 Å². The van der Waals surface area contributed by atoms with E-state index in [-0.39, 0.29) is 96.8 Å². The Morgan fingerprint density at radius 3 is 2.43 bits per heavy atom. The summed E-state index contributed by atoms with van der Waals surface area (Å²) >= 11 is 0. The van der Waals surface area contributed by atoms with Crippen molar-refractivity contribution in [3.05, 3.63) is 101 Å². The highest BCUT2D eigenvalue weighted by Gasteiger charge is 2.49. The molecule has 344 valence electrons. The molecule has 3 fully saturated rings. The average Bonchev–Trinajstić information content (AvgIpc) is 3.83. The number of benzene rings is 1. The zero-order chi connectivity index (χ0) is 47.2. The number of piperidine rings is 2. The molecule has 0 radical (unpaired) electrons. The molecule has 67 heavy (non-hydrogen) atoms. The average molecular weight is 916 g/mol. The third-order valence-electron chi connectivity index (χ3n) is 11.9. The number of aromatic nitrogens is 3. The second-order valence-corrected chi connectivity index (χ2v) is 16.5. The zero-order valence-electron chi connectivity index (χ0n) is 36.1. The molecular formula is C46H45F2N12O7+. The summed E-state index contributed by atoms with van der Waals surface area (Å²) in [4.78, 5) is 106. The summed E-state index contributed by atoms with van der Waals surface area (Å²) in [6.07, 6.45) is 6.11. The molecule has 4 aromatic rings. The number of imide groups is 2. The second-order valence-electron chi connectivity index (χ2n) is 16.5. The summed E-state index contributed by atoms with van der Waals surface area (Å²) in [5, 5.41) is 23.0. The molecular weight excluding hydrogens is 871 g/mol. The normalized spacial score (nSPS) is 18.0. The number of hydrogen-bond acceptors (Lipinski definition) is 14. The minimum atomic E-state index is -2.83. The van der Waals surface area contributed by atoms with E-state index in [1.54, 1.807) is 34.1 Å². The van der Waals surface area contributed by atoms with Crippen molar-refractivity contribution in [1.82, 2.24) is 35.8 Å². The maximum Gasteiger partial charge on any atom is 0.431 e. The number of carbonyl (C=O) groups excluding carboxylic acids is 7. The number of likely N-dealkylation sites (tertiary alicyclic amines) is 1. The lowest BCUT2D eigenvalue weighted by Crippen LogP contribution is -2.46. The Morgan fingerprint density at radius 1 is 0.910 bits per heavy atom. The number of carbonyl (C=O) groups is 7. The highest BCUT2D eigenvalue weighted by atomic mass is 19.3. The topological polar surface area (TPSA) is 252 Å². The Bertz CT molecular complexity index is 2770. The van der Waals surface area contributed by atoms with Crippen LogP contribution < -0.4 is 31.5 Å². The Hall–Kier alpha value is -8.02. The van der Waals surface area contributed by atoms with Crippen molar-refractivity contribution >= 4 is 70.2 Å². The van der Waals surface area contributed by atoms with Crippen LogP contribution in [0.25, 0.3) is 0 Å². The first-order valence-electron chi connectivity index (χ1n) is 21.8. The number of unbranched alkanes of at least 4 members (excludes halogenated alkanes) is 1. The van der Waals surface area contributed by atoms with E-state index in [1.165, 1.54) is 30.7 Å². The molecule has 1 aromatic carbocycles. The molecule has 3 saturated heterocycles. The summed E-state index contributed by atoms with van der Waals surface area (Å²) in [5.74, 6) is -5.44. The summed E-state index contributed by atoms with van der Waals surface area (Å²) in [7, 11) is 0. The first-order chi connectivity index (χ1) is 32.3. The molecule has 19 nitrogen and oxygen atoms in total. The van der Waals surface area contributed by atoms with Gasteiger partial charge in [0.05, 0.1) is 41.5 Å². The van der Waals surface area contributed by atoms with Gasteiger partial charge >= 0.3 is 17.7 Å². The van der Waals surface area contributed by atoms with Crippen LogP contribution in [-0.2, 0) is 14.4 Å². The van der Waals surface area contributed by atoms with Crippen LogP contribution in [0.4, 0.5) is 31.9 Å². The van der Waals surface area contributed by atoms with Gasteiger partial charge in [-0.25, -0.2) is 28.3 Å². The highest BCUT2D eigenvalue weighted by Crippen LogP contribution is 2.36. The largest absolute Gasteiger partial charge is 0.431 e. The number of nitrogens with zero attached hydrogens (tertiary/aromatic N) is 7. The van der Waals surface area contributed by atoms with E-state index < -0.39 is 42.0 Å². The summed E-state index contributed by atoms with van der Waals surface area (Å²) in [6.45, 7) is 0.862. The summed E-state index contributed by atoms with van der Waals surface area (Å²) in [6, 6.07) is 14.9. The van der Waals surface area contributed by atoms with Crippen LogP contribution in [0, 0.1) is 11.3 Å². The van der Waals surface area contributed by atoms with E-state index in [9.17, 15) is 47.6 Å². The molecule has 7 amide bonds. The molecule has 3 aromatic heterocycles. The fourth-order valence-corrected chi connectivity index (χ4v) is 8.43. The van der Waals surface area contributed by atoms with E-state index >= 15 is 0 Å². The number of amides is 7. The third-order valence-corrected chi connectivity index (χ3v) is 11.9. The Balaban J connectivity index is 0.785. The molecule has 21 heteroatoms. The van der Waals surface area contributed by atoms with Crippen LogP contribution in [0.3, 0.4) is 0 Å². The van der Waals surface area contributed by atoms with Crippen molar-refractivity contribution in [2.24, 2.45) is 0 Å². The molecule has 4 aliphatic rings. The lowest BCUT2D eigenvalue weighted by atomic mass is 9.89. The van der Waals surface area contributed by atoms with E-state index in [1.807, 2.05) is 12.1 Å². The molecule has 0 bridgehead atoms. The molecule has 0 unspecified atom stereocenters. The Morgan fingerprint density at radius 2 is 1.69 bits per heavy atom. The number of alkyl halides is 2. The highest BCUT2D eigenvalue weighted by molar-refractivity contribution is 6.43. The fraction of sp³-hybridized carbons (Fsp3) is 0.348. The maximum atomic E-state index is 14.2. The van der Waals surface area contributed by atoms with Gasteiger partial charge in [-0.1, -0.05) is 10.6 Å². The molecule has 5 N–H and O–H groups in total. The predicted molar refractivity (Wildman–Crippen MR) is 236 cm³/mol. The van der Waals surface area contributed by atoms with Gasteiger partial charge in [0.25, 0.3) is 23.4 Å². The van der Waals surface area contributed by atoms with Crippen LogP contribution in [0.5, 0.6) is 0 Å². The van der Waals surface area contributed by atoms with E-state index in [0.29, 0.717) is 61.8 Å².